The number of carboxylic acid groups (broad SMARTS) is 1. The van der Waals surface area contributed by atoms with Crippen molar-refractivity contribution >= 4 is 16.9 Å². The molecular weight excluding hydrogens is 454 g/mol. The number of ether oxygens (including phenoxy) is 1. The van der Waals surface area contributed by atoms with E-state index in [1.807, 2.05) is 63.2 Å². The van der Waals surface area contributed by atoms with E-state index in [1.165, 1.54) is 4.90 Å². The Kier molecular flexibility index (Phi) is 7.70. The molecule has 0 aliphatic rings. The van der Waals surface area contributed by atoms with Crippen molar-refractivity contribution in [2.45, 2.75) is 46.3 Å². The Morgan fingerprint density at radius 3 is 2.33 bits per heavy atom. The molecular formula is C29H33N3O4. The predicted octanol–water partition coefficient (Wildman–Crippen LogP) is 6.60. The summed E-state index contributed by atoms with van der Waals surface area (Å²) in [5, 5.41) is 16.2. The molecule has 0 aliphatic heterocycles. The number of benzene rings is 3. The lowest BCUT2D eigenvalue weighted by atomic mass is 9.86. The molecule has 4 rings (SSSR count). The molecule has 2 atom stereocenters. The van der Waals surface area contributed by atoms with E-state index in [9.17, 15) is 9.90 Å². The summed E-state index contributed by atoms with van der Waals surface area (Å²) in [6.07, 6.45) is -1.39. The second-order valence-corrected chi connectivity index (χ2v) is 10.3. The van der Waals surface area contributed by atoms with Gasteiger partial charge in [0.2, 0.25) is 0 Å². The molecule has 3 aromatic carbocycles. The fourth-order valence-corrected chi connectivity index (χ4v) is 4.48. The highest BCUT2D eigenvalue weighted by Gasteiger charge is 2.32. The average Bonchev–Trinajstić information content (AvgIpc) is 3.27. The van der Waals surface area contributed by atoms with E-state index in [2.05, 4.69) is 40.5 Å². The van der Waals surface area contributed by atoms with Gasteiger partial charge in [-0.3, -0.25) is 0 Å². The van der Waals surface area contributed by atoms with Crippen LogP contribution in [0.4, 0.5) is 4.79 Å². The smallest absolute Gasteiger partial charge is 0.407 e. The Morgan fingerprint density at radius 1 is 1.00 bits per heavy atom. The van der Waals surface area contributed by atoms with Gasteiger partial charge in [-0.15, -0.1) is 0 Å². The topological polar surface area (TPSA) is 88.7 Å². The largest absolute Gasteiger partial charge is 0.465 e. The molecule has 1 aromatic heterocycles. The highest BCUT2D eigenvalue weighted by atomic mass is 16.5. The van der Waals surface area contributed by atoms with E-state index >= 15 is 0 Å². The number of carbonyl (C=O) groups is 1. The highest BCUT2D eigenvalue weighted by Crippen LogP contribution is 2.37. The Bertz CT molecular complexity index is 1300. The van der Waals surface area contributed by atoms with Crippen LogP contribution in [0.5, 0.6) is 0 Å². The summed E-state index contributed by atoms with van der Waals surface area (Å²) in [5.74, 6) is 0.646. The van der Waals surface area contributed by atoms with Gasteiger partial charge in [0, 0.05) is 19.0 Å². The number of fused-ring (bicyclic) bond motifs is 1. The molecule has 4 aromatic rings. The monoisotopic (exact) mass is 487 g/mol. The van der Waals surface area contributed by atoms with Gasteiger partial charge in [0.15, 0.2) is 5.82 Å². The lowest BCUT2D eigenvalue weighted by Gasteiger charge is -2.34. The van der Waals surface area contributed by atoms with Gasteiger partial charge >= 0.3 is 6.09 Å². The minimum Gasteiger partial charge on any atom is -0.465 e. The summed E-state index contributed by atoms with van der Waals surface area (Å²) >= 11 is 0. The van der Waals surface area contributed by atoms with Crippen molar-refractivity contribution in [1.29, 1.82) is 0 Å². The van der Waals surface area contributed by atoms with Crippen LogP contribution in [0.2, 0.25) is 0 Å². The molecule has 1 N–H and O–H groups in total. The number of rotatable bonds is 9. The zero-order valence-corrected chi connectivity index (χ0v) is 21.2. The first-order valence-electron chi connectivity index (χ1n) is 12.1. The molecule has 0 unspecified atom stereocenters. The molecule has 188 valence electrons. The summed E-state index contributed by atoms with van der Waals surface area (Å²) in [7, 11) is 0. The Morgan fingerprint density at radius 2 is 1.69 bits per heavy atom. The van der Waals surface area contributed by atoms with E-state index in [-0.39, 0.29) is 24.5 Å². The molecule has 0 fully saturated rings. The Balaban J connectivity index is 1.77. The number of amides is 1. The number of aryl methyl sites for hydroxylation is 1. The van der Waals surface area contributed by atoms with Crippen LogP contribution < -0.4 is 0 Å². The number of aromatic nitrogens is 2. The summed E-state index contributed by atoms with van der Waals surface area (Å²) in [6.45, 7) is 8.67. The van der Waals surface area contributed by atoms with Gasteiger partial charge in [-0.05, 0) is 34.2 Å². The molecule has 1 amide bonds. The molecule has 0 radical (unpaired) electrons. The molecule has 0 spiro atoms. The van der Waals surface area contributed by atoms with Crippen LogP contribution in [0, 0.1) is 12.3 Å². The third-order valence-electron chi connectivity index (χ3n) is 6.00. The van der Waals surface area contributed by atoms with Crippen molar-refractivity contribution in [3.63, 3.8) is 0 Å². The summed E-state index contributed by atoms with van der Waals surface area (Å²) < 4.78 is 11.7. The van der Waals surface area contributed by atoms with Gasteiger partial charge in [-0.25, -0.2) is 4.79 Å². The standard InChI is InChI=1S/C29H33N3O4/c1-20-30-26(36-31-20)18-35-27(22-11-6-5-7-12-22)25(17-32(28(33)34)19-29(2,3)4)24-15-14-21-10-8-9-13-23(21)16-24/h5-16,25,27H,17-19H2,1-4H3,(H,33,34)/t25-,27+/m0/s1. The maximum absolute atomic E-state index is 12.3. The van der Waals surface area contributed by atoms with E-state index in [0.29, 0.717) is 18.3 Å². The van der Waals surface area contributed by atoms with Gasteiger partial charge in [0.25, 0.3) is 5.89 Å². The van der Waals surface area contributed by atoms with E-state index in [0.717, 1.165) is 21.9 Å². The fraction of sp³-hybridized carbons (Fsp3) is 0.345. The molecule has 36 heavy (non-hydrogen) atoms. The van der Waals surface area contributed by atoms with Crippen molar-refractivity contribution in [1.82, 2.24) is 15.0 Å². The van der Waals surface area contributed by atoms with Gasteiger partial charge in [0.1, 0.15) is 6.61 Å². The molecule has 1 heterocycles. The first-order chi connectivity index (χ1) is 17.2. The Hall–Kier alpha value is -3.71. The normalized spacial score (nSPS) is 13.4. The second-order valence-electron chi connectivity index (χ2n) is 10.3. The van der Waals surface area contributed by atoms with Gasteiger partial charge < -0.3 is 19.3 Å². The predicted molar refractivity (Wildman–Crippen MR) is 139 cm³/mol. The van der Waals surface area contributed by atoms with Crippen LogP contribution >= 0.6 is 0 Å². The summed E-state index contributed by atoms with van der Waals surface area (Å²) in [5.41, 5.74) is 1.76. The minimum atomic E-state index is -0.949. The molecule has 0 saturated carbocycles. The third-order valence-corrected chi connectivity index (χ3v) is 6.00. The fourth-order valence-electron chi connectivity index (χ4n) is 4.48. The van der Waals surface area contributed by atoms with Crippen molar-refractivity contribution in [3.8, 4) is 0 Å². The van der Waals surface area contributed by atoms with Crippen molar-refractivity contribution in [3.05, 3.63) is 95.6 Å². The Labute approximate surface area is 211 Å². The quantitative estimate of drug-likeness (QED) is 0.286. The van der Waals surface area contributed by atoms with E-state index in [4.69, 9.17) is 9.26 Å². The first-order valence-corrected chi connectivity index (χ1v) is 12.1. The van der Waals surface area contributed by atoms with Gasteiger partial charge in [-0.2, -0.15) is 4.98 Å². The minimum absolute atomic E-state index is 0.122. The SMILES string of the molecule is Cc1noc(CO[C@H](c2ccccc2)[C@@H](CN(CC(C)(C)C)C(=O)O)c2ccc3ccccc3c2)n1. The number of hydrogen-bond donors (Lipinski definition) is 1. The first kappa shape index (κ1) is 25.4. The van der Waals surface area contributed by atoms with Crippen LogP contribution in [0.25, 0.3) is 10.8 Å². The van der Waals surface area contributed by atoms with Crippen molar-refractivity contribution in [2.75, 3.05) is 13.1 Å². The third kappa shape index (κ3) is 6.49. The summed E-state index contributed by atoms with van der Waals surface area (Å²) in [4.78, 5) is 18.1. The summed E-state index contributed by atoms with van der Waals surface area (Å²) in [6, 6.07) is 24.3. The average molecular weight is 488 g/mol. The van der Waals surface area contributed by atoms with Crippen molar-refractivity contribution in [2.24, 2.45) is 5.41 Å². The van der Waals surface area contributed by atoms with Crippen LogP contribution in [-0.4, -0.2) is 39.3 Å². The van der Waals surface area contributed by atoms with Gasteiger partial charge in [0.05, 0.1) is 6.10 Å². The van der Waals surface area contributed by atoms with Crippen molar-refractivity contribution < 1.29 is 19.2 Å². The highest BCUT2D eigenvalue weighted by molar-refractivity contribution is 5.83. The zero-order valence-electron chi connectivity index (χ0n) is 21.2. The molecule has 7 heteroatoms. The van der Waals surface area contributed by atoms with Crippen LogP contribution in [-0.2, 0) is 11.3 Å². The maximum atomic E-state index is 12.3. The number of hydrogen-bond acceptors (Lipinski definition) is 5. The van der Waals surface area contributed by atoms with Crippen LogP contribution in [0.15, 0.2) is 77.3 Å². The lowest BCUT2D eigenvalue weighted by molar-refractivity contribution is -0.00107. The molecule has 0 bridgehead atoms. The maximum Gasteiger partial charge on any atom is 0.407 e. The van der Waals surface area contributed by atoms with Gasteiger partial charge in [-0.1, -0.05) is 98.7 Å². The van der Waals surface area contributed by atoms with E-state index < -0.39 is 12.2 Å². The molecule has 7 nitrogen and oxygen atoms in total. The van der Waals surface area contributed by atoms with Crippen LogP contribution in [0.3, 0.4) is 0 Å². The molecule has 0 saturated heterocycles. The molecule has 0 aliphatic carbocycles. The van der Waals surface area contributed by atoms with E-state index in [1.54, 1.807) is 6.92 Å². The lowest BCUT2D eigenvalue weighted by Crippen LogP contribution is -2.40. The second kappa shape index (κ2) is 10.9. The number of nitrogens with zero attached hydrogens (tertiary/aromatic N) is 3. The zero-order chi connectivity index (χ0) is 25.7. The van der Waals surface area contributed by atoms with Crippen LogP contribution in [0.1, 0.15) is 55.6 Å².